The molecule has 0 unspecified atom stereocenters. The van der Waals surface area contributed by atoms with Crippen molar-refractivity contribution in [1.82, 2.24) is 14.5 Å². The quantitative estimate of drug-likeness (QED) is 0.894. The molecule has 0 aliphatic rings. The van der Waals surface area contributed by atoms with E-state index in [4.69, 9.17) is 5.11 Å². The summed E-state index contributed by atoms with van der Waals surface area (Å²) in [5.74, 6) is -0.460. The number of aryl methyl sites for hydroxylation is 1. The molecule has 0 bridgehead atoms. The van der Waals surface area contributed by atoms with Crippen molar-refractivity contribution in [2.75, 3.05) is 14.1 Å². The number of hydrogen-bond donors (Lipinski definition) is 1. The first-order chi connectivity index (χ1) is 8.97. The molecule has 102 valence electrons. The zero-order chi connectivity index (χ0) is 14.0. The Hall–Kier alpha value is -1.95. The molecule has 1 heterocycles. The van der Waals surface area contributed by atoms with Gasteiger partial charge in [-0.2, -0.15) is 0 Å². The summed E-state index contributed by atoms with van der Waals surface area (Å²) in [4.78, 5) is 17.0. The van der Waals surface area contributed by atoms with Crippen LogP contribution in [-0.2, 0) is 17.9 Å². The Morgan fingerprint density at radius 2 is 2.21 bits per heavy atom. The van der Waals surface area contributed by atoms with E-state index in [2.05, 4.69) is 4.98 Å². The van der Waals surface area contributed by atoms with Crippen molar-refractivity contribution in [1.29, 1.82) is 0 Å². The lowest BCUT2D eigenvalue weighted by Gasteiger charge is -2.11. The van der Waals surface area contributed by atoms with Gasteiger partial charge in [-0.3, -0.25) is 4.79 Å². The maximum absolute atomic E-state index is 13.2. The van der Waals surface area contributed by atoms with Crippen LogP contribution in [0.4, 0.5) is 4.39 Å². The van der Waals surface area contributed by atoms with Gasteiger partial charge in [0.1, 0.15) is 11.6 Å². The minimum absolute atomic E-state index is 0.0171. The van der Waals surface area contributed by atoms with E-state index in [1.54, 1.807) is 6.07 Å². The molecule has 1 aromatic heterocycles. The second-order valence-electron chi connectivity index (χ2n) is 4.69. The van der Waals surface area contributed by atoms with Crippen LogP contribution in [0, 0.1) is 5.82 Å². The van der Waals surface area contributed by atoms with Crippen molar-refractivity contribution in [3.05, 3.63) is 29.8 Å². The van der Waals surface area contributed by atoms with E-state index in [9.17, 15) is 9.18 Å². The lowest BCUT2D eigenvalue weighted by atomic mass is 10.3. The molecule has 0 aliphatic carbocycles. The second kappa shape index (κ2) is 5.36. The van der Waals surface area contributed by atoms with E-state index in [1.807, 2.05) is 23.6 Å². The third-order valence-corrected chi connectivity index (χ3v) is 2.80. The fourth-order valence-corrected chi connectivity index (χ4v) is 2.01. The van der Waals surface area contributed by atoms with Crippen LogP contribution in [0.25, 0.3) is 11.0 Å². The van der Waals surface area contributed by atoms with Gasteiger partial charge in [-0.25, -0.2) is 9.37 Å². The number of halogens is 1. The van der Waals surface area contributed by atoms with Crippen LogP contribution in [0.3, 0.4) is 0 Å². The molecule has 6 heteroatoms. The van der Waals surface area contributed by atoms with Gasteiger partial charge in [-0.15, -0.1) is 0 Å². The SMILES string of the molecule is CN(C)Cc1nc2cc(F)ccc2n1CCC(=O)O. The zero-order valence-corrected chi connectivity index (χ0v) is 10.9. The molecule has 1 aromatic carbocycles. The number of aromatic nitrogens is 2. The standard InChI is InChI=1S/C13H16FN3O2/c1-16(2)8-12-15-10-7-9(14)3-4-11(10)17(12)6-5-13(18)19/h3-4,7H,5-6,8H2,1-2H3,(H,18,19). The van der Waals surface area contributed by atoms with Crippen molar-refractivity contribution in [2.24, 2.45) is 0 Å². The van der Waals surface area contributed by atoms with Crippen LogP contribution >= 0.6 is 0 Å². The summed E-state index contributed by atoms with van der Waals surface area (Å²) in [7, 11) is 3.81. The smallest absolute Gasteiger partial charge is 0.305 e. The number of carboxylic acids is 1. The van der Waals surface area contributed by atoms with Gasteiger partial charge in [0.05, 0.1) is 24.0 Å². The van der Waals surface area contributed by atoms with E-state index >= 15 is 0 Å². The Bertz CT molecular complexity index is 607. The van der Waals surface area contributed by atoms with Gasteiger partial charge in [0.25, 0.3) is 0 Å². The first-order valence-corrected chi connectivity index (χ1v) is 5.98. The zero-order valence-electron chi connectivity index (χ0n) is 10.9. The lowest BCUT2D eigenvalue weighted by molar-refractivity contribution is -0.137. The number of benzene rings is 1. The first kappa shape index (κ1) is 13.5. The van der Waals surface area contributed by atoms with Crippen molar-refractivity contribution in [3.8, 4) is 0 Å². The third kappa shape index (κ3) is 3.08. The Morgan fingerprint density at radius 1 is 1.47 bits per heavy atom. The first-order valence-electron chi connectivity index (χ1n) is 5.98. The van der Waals surface area contributed by atoms with Crippen LogP contribution in [0.5, 0.6) is 0 Å². The van der Waals surface area contributed by atoms with Gasteiger partial charge in [0.2, 0.25) is 0 Å². The molecule has 2 rings (SSSR count). The van der Waals surface area contributed by atoms with E-state index < -0.39 is 5.97 Å². The maximum Gasteiger partial charge on any atom is 0.305 e. The van der Waals surface area contributed by atoms with Gasteiger partial charge in [0.15, 0.2) is 0 Å². The topological polar surface area (TPSA) is 58.4 Å². The average molecular weight is 265 g/mol. The molecule has 2 aromatic rings. The molecule has 5 nitrogen and oxygen atoms in total. The minimum atomic E-state index is -0.861. The Kier molecular flexibility index (Phi) is 3.80. The fraction of sp³-hybridized carbons (Fsp3) is 0.385. The largest absolute Gasteiger partial charge is 0.481 e. The number of imidazole rings is 1. The Balaban J connectivity index is 2.45. The summed E-state index contributed by atoms with van der Waals surface area (Å²) in [6.07, 6.45) is 0.0171. The molecule has 0 amide bonds. The van der Waals surface area contributed by atoms with Crippen LogP contribution in [-0.4, -0.2) is 39.6 Å². The van der Waals surface area contributed by atoms with Gasteiger partial charge >= 0.3 is 5.97 Å². The average Bonchev–Trinajstić information content (AvgIpc) is 2.61. The molecule has 0 spiro atoms. The molecule has 0 atom stereocenters. The van der Waals surface area contributed by atoms with Gasteiger partial charge < -0.3 is 14.6 Å². The van der Waals surface area contributed by atoms with E-state index in [0.717, 1.165) is 11.3 Å². The Labute approximate surface area is 110 Å². The highest BCUT2D eigenvalue weighted by Gasteiger charge is 2.13. The van der Waals surface area contributed by atoms with Gasteiger partial charge in [0, 0.05) is 12.6 Å². The predicted octanol–water partition coefficient (Wildman–Crippen LogP) is 1.71. The summed E-state index contributed by atoms with van der Waals surface area (Å²) in [5, 5.41) is 8.80. The molecule has 19 heavy (non-hydrogen) atoms. The maximum atomic E-state index is 13.2. The summed E-state index contributed by atoms with van der Waals surface area (Å²) in [5.41, 5.74) is 1.32. The van der Waals surface area contributed by atoms with Crippen LogP contribution in [0.2, 0.25) is 0 Å². The molecule has 0 fully saturated rings. The third-order valence-electron chi connectivity index (χ3n) is 2.80. The molecule has 0 saturated heterocycles. The number of carboxylic acid groups (broad SMARTS) is 1. The molecular formula is C13H16FN3O2. The fourth-order valence-electron chi connectivity index (χ4n) is 2.01. The highest BCUT2D eigenvalue weighted by Crippen LogP contribution is 2.18. The van der Waals surface area contributed by atoms with E-state index in [0.29, 0.717) is 18.6 Å². The van der Waals surface area contributed by atoms with Crippen molar-refractivity contribution < 1.29 is 14.3 Å². The minimum Gasteiger partial charge on any atom is -0.481 e. The van der Waals surface area contributed by atoms with Crippen LogP contribution < -0.4 is 0 Å². The lowest BCUT2D eigenvalue weighted by Crippen LogP contribution is -2.16. The number of fused-ring (bicyclic) bond motifs is 1. The molecule has 0 radical (unpaired) electrons. The van der Waals surface area contributed by atoms with E-state index in [1.165, 1.54) is 12.1 Å². The van der Waals surface area contributed by atoms with Crippen molar-refractivity contribution >= 4 is 17.0 Å². The monoisotopic (exact) mass is 265 g/mol. The Morgan fingerprint density at radius 3 is 2.84 bits per heavy atom. The van der Waals surface area contributed by atoms with Crippen LogP contribution in [0.15, 0.2) is 18.2 Å². The van der Waals surface area contributed by atoms with Gasteiger partial charge in [-0.1, -0.05) is 0 Å². The number of aliphatic carboxylic acids is 1. The molecular weight excluding hydrogens is 249 g/mol. The predicted molar refractivity (Wildman–Crippen MR) is 69.3 cm³/mol. The highest BCUT2D eigenvalue weighted by atomic mass is 19.1. The number of carbonyl (C=O) groups is 1. The summed E-state index contributed by atoms with van der Waals surface area (Å²) in [6.45, 7) is 0.913. The molecule has 1 N–H and O–H groups in total. The van der Waals surface area contributed by atoms with E-state index in [-0.39, 0.29) is 12.2 Å². The van der Waals surface area contributed by atoms with Crippen molar-refractivity contribution in [2.45, 2.75) is 19.5 Å². The normalized spacial score (nSPS) is 11.4. The number of rotatable bonds is 5. The second-order valence-corrected chi connectivity index (χ2v) is 4.69. The van der Waals surface area contributed by atoms with Gasteiger partial charge in [-0.05, 0) is 26.2 Å². The number of nitrogens with zero attached hydrogens (tertiary/aromatic N) is 3. The number of hydrogen-bond acceptors (Lipinski definition) is 3. The van der Waals surface area contributed by atoms with Crippen molar-refractivity contribution in [3.63, 3.8) is 0 Å². The summed E-state index contributed by atoms with van der Waals surface area (Å²) in [6, 6.07) is 4.37. The summed E-state index contributed by atoms with van der Waals surface area (Å²) >= 11 is 0. The summed E-state index contributed by atoms with van der Waals surface area (Å²) < 4.78 is 15.0. The highest BCUT2D eigenvalue weighted by molar-refractivity contribution is 5.76. The van der Waals surface area contributed by atoms with Crippen LogP contribution in [0.1, 0.15) is 12.2 Å². The molecule has 0 saturated carbocycles. The molecule has 0 aliphatic heterocycles.